The molecule has 23 heavy (non-hydrogen) atoms. The van der Waals surface area contributed by atoms with Gasteiger partial charge in [-0.15, -0.1) is 10.1 Å². The second-order valence-electron chi connectivity index (χ2n) is 5.21. The molecule has 1 atom stereocenters. The van der Waals surface area contributed by atoms with Gasteiger partial charge in [0.1, 0.15) is 0 Å². The fourth-order valence-electron chi connectivity index (χ4n) is 2.44. The molecule has 0 spiro atoms. The number of rotatable bonds is 7. The average Bonchev–Trinajstić information content (AvgIpc) is 2.99. The predicted molar refractivity (Wildman–Crippen MR) is 92.0 cm³/mol. The van der Waals surface area contributed by atoms with Gasteiger partial charge in [-0.2, -0.15) is 0 Å². The van der Waals surface area contributed by atoms with E-state index in [-0.39, 0.29) is 0 Å². The van der Waals surface area contributed by atoms with Crippen LogP contribution < -0.4 is 0 Å². The van der Waals surface area contributed by atoms with Gasteiger partial charge in [0.05, 0.1) is 6.33 Å². The number of nitrogens with zero attached hydrogens (tertiary/aromatic N) is 3. The summed E-state index contributed by atoms with van der Waals surface area (Å²) in [6.45, 7) is 3.26. The molecular weight excluding hydrogens is 362 g/mol. The molecule has 0 radical (unpaired) electrons. The van der Waals surface area contributed by atoms with Gasteiger partial charge in [-0.3, -0.25) is 0 Å². The minimum atomic E-state index is -1.50. The number of imidazole rings is 1. The Morgan fingerprint density at radius 1 is 1.39 bits per heavy atom. The third kappa shape index (κ3) is 7.78. The van der Waals surface area contributed by atoms with Gasteiger partial charge in [-0.05, 0) is 18.1 Å². The zero-order valence-corrected chi connectivity index (χ0v) is 14.7. The molecule has 0 aliphatic carbocycles. The van der Waals surface area contributed by atoms with Crippen LogP contribution in [0.2, 0.25) is 0 Å². The fourth-order valence-corrected chi connectivity index (χ4v) is 3.05. The van der Waals surface area contributed by atoms with Gasteiger partial charge >= 0.3 is 0 Å². The van der Waals surface area contributed by atoms with Gasteiger partial charge in [0.25, 0.3) is 5.09 Å². The first-order valence-corrected chi connectivity index (χ1v) is 8.37. The van der Waals surface area contributed by atoms with Crippen LogP contribution in [0, 0.1) is 10.1 Å². The molecule has 0 saturated heterocycles. The van der Waals surface area contributed by atoms with Crippen LogP contribution in [0.3, 0.4) is 0 Å². The van der Waals surface area contributed by atoms with Crippen molar-refractivity contribution in [2.45, 2.75) is 45.1 Å². The second-order valence-corrected chi connectivity index (χ2v) is 6.07. The third-order valence-corrected chi connectivity index (χ3v) is 4.21. The first kappa shape index (κ1) is 19.2. The molecule has 1 heterocycles. The molecule has 7 heteroatoms. The molecule has 0 bridgehead atoms. The quantitative estimate of drug-likeness (QED) is 0.428. The SMILES string of the molecule is CCCCCC(Cn1ccnc1)c1ccccc1Br.O=[N+]([O-])O. The van der Waals surface area contributed by atoms with E-state index in [0.29, 0.717) is 5.92 Å². The van der Waals surface area contributed by atoms with Crippen molar-refractivity contribution in [3.63, 3.8) is 0 Å². The van der Waals surface area contributed by atoms with Crippen LogP contribution in [-0.4, -0.2) is 19.8 Å². The fraction of sp³-hybridized carbons (Fsp3) is 0.438. The van der Waals surface area contributed by atoms with E-state index < -0.39 is 5.09 Å². The van der Waals surface area contributed by atoms with Gasteiger partial charge in [0.2, 0.25) is 0 Å². The number of hydrogen-bond acceptors (Lipinski definition) is 3. The predicted octanol–water partition coefficient (Wildman–Crippen LogP) is 4.66. The van der Waals surface area contributed by atoms with Crippen LogP contribution in [0.4, 0.5) is 0 Å². The van der Waals surface area contributed by atoms with E-state index in [2.05, 4.69) is 56.7 Å². The molecule has 6 nitrogen and oxygen atoms in total. The molecule has 1 aromatic heterocycles. The molecule has 0 saturated carbocycles. The zero-order chi connectivity index (χ0) is 17.1. The summed E-state index contributed by atoms with van der Waals surface area (Å²) < 4.78 is 3.40. The molecule has 2 aromatic rings. The van der Waals surface area contributed by atoms with Crippen LogP contribution in [0.5, 0.6) is 0 Å². The van der Waals surface area contributed by atoms with Crippen molar-refractivity contribution in [1.29, 1.82) is 0 Å². The Morgan fingerprint density at radius 2 is 2.09 bits per heavy atom. The summed E-state index contributed by atoms with van der Waals surface area (Å²) in [4.78, 5) is 12.5. The monoisotopic (exact) mass is 383 g/mol. The van der Waals surface area contributed by atoms with E-state index in [1.54, 1.807) is 0 Å². The maximum atomic E-state index is 8.36. The highest BCUT2D eigenvalue weighted by Gasteiger charge is 2.14. The van der Waals surface area contributed by atoms with E-state index in [1.807, 2.05) is 18.7 Å². The van der Waals surface area contributed by atoms with E-state index in [4.69, 9.17) is 15.3 Å². The van der Waals surface area contributed by atoms with Gasteiger partial charge in [-0.1, -0.05) is 60.3 Å². The van der Waals surface area contributed by atoms with Crippen molar-refractivity contribution in [3.05, 3.63) is 63.1 Å². The highest BCUT2D eigenvalue weighted by atomic mass is 79.9. The first-order chi connectivity index (χ1) is 11.0. The molecule has 0 fully saturated rings. The molecule has 126 valence electrons. The Balaban J connectivity index is 0.000000593. The highest BCUT2D eigenvalue weighted by Crippen LogP contribution is 2.30. The van der Waals surface area contributed by atoms with Gasteiger partial charge in [0, 0.05) is 29.3 Å². The topological polar surface area (TPSA) is 81.2 Å². The summed E-state index contributed by atoms with van der Waals surface area (Å²) >= 11 is 3.69. The van der Waals surface area contributed by atoms with Crippen molar-refractivity contribution in [2.24, 2.45) is 0 Å². The number of unbranched alkanes of at least 4 members (excludes halogenated alkanes) is 2. The lowest BCUT2D eigenvalue weighted by Crippen LogP contribution is -2.09. The first-order valence-electron chi connectivity index (χ1n) is 7.58. The van der Waals surface area contributed by atoms with Crippen LogP contribution >= 0.6 is 15.9 Å². The number of benzene rings is 1. The third-order valence-electron chi connectivity index (χ3n) is 3.49. The highest BCUT2D eigenvalue weighted by molar-refractivity contribution is 9.10. The van der Waals surface area contributed by atoms with Crippen molar-refractivity contribution in [1.82, 2.24) is 9.55 Å². The lowest BCUT2D eigenvalue weighted by atomic mass is 9.93. The summed E-state index contributed by atoms with van der Waals surface area (Å²) in [5.74, 6) is 0.552. The molecule has 0 aliphatic heterocycles. The van der Waals surface area contributed by atoms with Gasteiger partial charge in [-0.25, -0.2) is 4.98 Å². The zero-order valence-electron chi connectivity index (χ0n) is 13.1. The van der Waals surface area contributed by atoms with E-state index in [9.17, 15) is 0 Å². The summed E-state index contributed by atoms with van der Waals surface area (Å²) in [7, 11) is 0. The molecule has 1 unspecified atom stereocenters. The van der Waals surface area contributed by atoms with Crippen molar-refractivity contribution in [2.75, 3.05) is 0 Å². The van der Waals surface area contributed by atoms with E-state index in [1.165, 1.54) is 35.7 Å². The van der Waals surface area contributed by atoms with Crippen LogP contribution in [-0.2, 0) is 6.54 Å². The van der Waals surface area contributed by atoms with Gasteiger partial charge < -0.3 is 9.77 Å². The Morgan fingerprint density at radius 3 is 2.65 bits per heavy atom. The maximum absolute atomic E-state index is 8.36. The Hall–Kier alpha value is -1.89. The van der Waals surface area contributed by atoms with Crippen molar-refractivity contribution >= 4 is 15.9 Å². The Bertz CT molecular complexity index is 572. The minimum Gasteiger partial charge on any atom is -0.337 e. The van der Waals surface area contributed by atoms with E-state index >= 15 is 0 Å². The van der Waals surface area contributed by atoms with Crippen molar-refractivity contribution < 1.29 is 10.3 Å². The van der Waals surface area contributed by atoms with Crippen LogP contribution in [0.15, 0.2) is 47.5 Å². The number of halogens is 1. The maximum Gasteiger partial charge on any atom is 0.291 e. The molecule has 0 amide bonds. The largest absolute Gasteiger partial charge is 0.337 e. The average molecular weight is 384 g/mol. The van der Waals surface area contributed by atoms with Crippen LogP contribution in [0.25, 0.3) is 0 Å². The second kappa shape index (κ2) is 10.8. The molecular formula is C16H22BrN3O3. The number of hydrogen-bond donors (Lipinski definition) is 1. The summed E-state index contributed by atoms with van der Waals surface area (Å²) in [6, 6.07) is 8.57. The summed E-state index contributed by atoms with van der Waals surface area (Å²) in [5, 5.41) is 13.6. The van der Waals surface area contributed by atoms with Crippen molar-refractivity contribution in [3.8, 4) is 0 Å². The molecule has 1 N–H and O–H groups in total. The number of aromatic nitrogens is 2. The summed E-state index contributed by atoms with van der Waals surface area (Å²) in [5.41, 5.74) is 1.41. The molecule has 1 aromatic carbocycles. The summed E-state index contributed by atoms with van der Waals surface area (Å²) in [6.07, 6.45) is 10.9. The minimum absolute atomic E-state index is 0.552. The lowest BCUT2D eigenvalue weighted by Gasteiger charge is -2.19. The molecule has 0 aliphatic rings. The Kier molecular flexibility index (Phi) is 8.97. The normalized spacial score (nSPS) is 11.4. The Labute approximate surface area is 144 Å². The lowest BCUT2D eigenvalue weighted by molar-refractivity contribution is -0.742. The van der Waals surface area contributed by atoms with Gasteiger partial charge in [0.15, 0.2) is 0 Å². The van der Waals surface area contributed by atoms with E-state index in [0.717, 1.165) is 6.54 Å². The standard InChI is InChI=1S/C16H21BrN2.HNO3/c1-2-3-4-7-14(12-19-11-10-18-13-19)15-8-5-6-9-16(15)17;2-1(3)4/h5-6,8-11,13-14H,2-4,7,12H2,1H3;(H,2,3,4). The smallest absolute Gasteiger partial charge is 0.291 e. The van der Waals surface area contributed by atoms with Crippen LogP contribution in [0.1, 0.15) is 44.1 Å². The molecule has 2 rings (SSSR count).